The lowest BCUT2D eigenvalue weighted by Crippen LogP contribution is -2.51. The maximum absolute atomic E-state index is 12.6. The molecule has 36 heavy (non-hydrogen) atoms. The van der Waals surface area contributed by atoms with Crippen LogP contribution in [0.25, 0.3) is 10.4 Å². The third-order valence-electron chi connectivity index (χ3n) is 6.03. The van der Waals surface area contributed by atoms with Gasteiger partial charge >= 0.3 is 5.69 Å². The third-order valence-corrected chi connectivity index (χ3v) is 6.03. The molecule has 1 aliphatic heterocycles. The van der Waals surface area contributed by atoms with Gasteiger partial charge in [-0.05, 0) is 23.6 Å². The molecule has 188 valence electrons. The summed E-state index contributed by atoms with van der Waals surface area (Å²) in [5.74, 6) is 0. The molecule has 11 heteroatoms. The van der Waals surface area contributed by atoms with Crippen LogP contribution in [0.5, 0.6) is 0 Å². The van der Waals surface area contributed by atoms with Crippen molar-refractivity contribution in [3.05, 3.63) is 115 Å². The van der Waals surface area contributed by atoms with Gasteiger partial charge in [-0.1, -0.05) is 65.8 Å². The van der Waals surface area contributed by atoms with E-state index < -0.39 is 35.3 Å². The number of aromatic nitrogens is 2. The van der Waals surface area contributed by atoms with Crippen molar-refractivity contribution in [1.82, 2.24) is 9.55 Å². The van der Waals surface area contributed by atoms with Crippen LogP contribution < -0.4 is 11.2 Å². The Kier molecular flexibility index (Phi) is 7.99. The zero-order chi connectivity index (χ0) is 25.5. The molecule has 0 unspecified atom stereocenters. The van der Waals surface area contributed by atoms with Crippen LogP contribution >= 0.6 is 0 Å². The van der Waals surface area contributed by atoms with E-state index in [9.17, 15) is 14.7 Å². The maximum atomic E-state index is 12.6. The first kappa shape index (κ1) is 25.4. The number of rotatable bonds is 10. The zero-order valence-corrected chi connectivity index (χ0v) is 19.7. The standard InChI is InChI=1S/C25H27N5O6/c1-17-12-30(24(33)28-22(17)32)23-20(31)21(35-14-19-10-6-3-7-11-19)25(36-23,15-27-29-26)16-34-13-18-8-4-2-5-9-18/h2-12,20-21,23,31H,13-16H2,1H3,(H,28,32,33)/t20-,21+,23+,25-/m1/s1. The molecule has 11 nitrogen and oxygen atoms in total. The molecule has 1 aromatic heterocycles. The summed E-state index contributed by atoms with van der Waals surface area (Å²) in [6.07, 6.45) is -2.27. The van der Waals surface area contributed by atoms with Gasteiger partial charge in [-0.2, -0.15) is 0 Å². The van der Waals surface area contributed by atoms with Crippen LogP contribution in [0.2, 0.25) is 0 Å². The number of H-pyrrole nitrogens is 1. The van der Waals surface area contributed by atoms with E-state index in [1.807, 2.05) is 60.7 Å². The van der Waals surface area contributed by atoms with Gasteiger partial charge in [0, 0.05) is 16.7 Å². The molecule has 0 spiro atoms. The highest BCUT2D eigenvalue weighted by atomic mass is 16.6. The predicted molar refractivity (Wildman–Crippen MR) is 130 cm³/mol. The molecule has 2 heterocycles. The fourth-order valence-electron chi connectivity index (χ4n) is 4.20. The molecule has 4 atom stereocenters. The molecule has 0 amide bonds. The highest BCUT2D eigenvalue weighted by molar-refractivity contribution is 5.15. The van der Waals surface area contributed by atoms with Crippen molar-refractivity contribution in [1.29, 1.82) is 0 Å². The summed E-state index contributed by atoms with van der Waals surface area (Å²) in [6, 6.07) is 18.8. The minimum Gasteiger partial charge on any atom is -0.386 e. The molecule has 1 aliphatic rings. The summed E-state index contributed by atoms with van der Waals surface area (Å²) in [4.78, 5) is 29.6. The van der Waals surface area contributed by atoms with E-state index in [0.29, 0.717) is 0 Å². The van der Waals surface area contributed by atoms with Gasteiger partial charge in [0.25, 0.3) is 5.56 Å². The maximum Gasteiger partial charge on any atom is 0.330 e. The fraction of sp³-hybridized carbons (Fsp3) is 0.360. The van der Waals surface area contributed by atoms with Gasteiger partial charge in [0.05, 0.1) is 26.4 Å². The van der Waals surface area contributed by atoms with Crippen LogP contribution in [-0.2, 0) is 27.4 Å². The summed E-state index contributed by atoms with van der Waals surface area (Å²) in [5.41, 5.74) is 8.40. The van der Waals surface area contributed by atoms with Crippen molar-refractivity contribution < 1.29 is 19.3 Å². The molecular formula is C25H27N5O6. The van der Waals surface area contributed by atoms with Gasteiger partial charge in [-0.3, -0.25) is 14.3 Å². The Morgan fingerprint density at radius 2 is 1.75 bits per heavy atom. The summed E-state index contributed by atoms with van der Waals surface area (Å²) in [7, 11) is 0. The van der Waals surface area contributed by atoms with E-state index in [-0.39, 0.29) is 31.9 Å². The van der Waals surface area contributed by atoms with Gasteiger partial charge in [-0.25, -0.2) is 4.79 Å². The molecule has 4 rings (SSSR count). The quantitative estimate of drug-likeness (QED) is 0.252. The average molecular weight is 494 g/mol. The van der Waals surface area contributed by atoms with Gasteiger partial charge < -0.3 is 19.3 Å². The molecule has 3 aromatic rings. The smallest absolute Gasteiger partial charge is 0.330 e. The SMILES string of the molecule is Cc1cn([C@H]2O[C@](CN=[N+]=[N-])(COCc3ccccc3)[C@@H](OCc3ccccc3)[C@H]2O)c(=O)[nH]c1=O. The van der Waals surface area contributed by atoms with Crippen molar-refractivity contribution in [3.63, 3.8) is 0 Å². The zero-order valence-electron chi connectivity index (χ0n) is 19.7. The van der Waals surface area contributed by atoms with Crippen LogP contribution in [0.4, 0.5) is 0 Å². The lowest BCUT2D eigenvalue weighted by molar-refractivity contribution is -0.151. The first-order valence-electron chi connectivity index (χ1n) is 11.4. The van der Waals surface area contributed by atoms with Gasteiger partial charge in [0.1, 0.15) is 17.8 Å². The molecule has 1 fully saturated rings. The Hall–Kier alpha value is -3.73. The van der Waals surface area contributed by atoms with E-state index in [1.165, 1.54) is 13.1 Å². The second kappa shape index (κ2) is 11.3. The van der Waals surface area contributed by atoms with E-state index in [2.05, 4.69) is 15.0 Å². The molecule has 0 bridgehead atoms. The Morgan fingerprint density at radius 3 is 2.39 bits per heavy atom. The first-order valence-corrected chi connectivity index (χ1v) is 11.4. The fourth-order valence-corrected chi connectivity index (χ4v) is 4.20. The number of aliphatic hydroxyl groups excluding tert-OH is 1. The van der Waals surface area contributed by atoms with Gasteiger partial charge in [-0.15, -0.1) is 0 Å². The number of aliphatic hydroxyl groups is 1. The lowest BCUT2D eigenvalue weighted by atomic mass is 9.95. The topological polar surface area (TPSA) is 152 Å². The predicted octanol–water partition coefficient (Wildman–Crippen LogP) is 2.59. The number of benzene rings is 2. The van der Waals surface area contributed by atoms with Crippen molar-refractivity contribution in [2.45, 2.75) is 44.2 Å². The molecule has 1 saturated heterocycles. The number of nitrogens with zero attached hydrogens (tertiary/aromatic N) is 4. The first-order chi connectivity index (χ1) is 17.4. The molecule has 0 saturated carbocycles. The summed E-state index contributed by atoms with van der Waals surface area (Å²) in [5, 5.41) is 15.0. The normalized spacial score (nSPS) is 23.3. The van der Waals surface area contributed by atoms with E-state index >= 15 is 0 Å². The van der Waals surface area contributed by atoms with Crippen molar-refractivity contribution >= 4 is 0 Å². The average Bonchev–Trinajstić information content (AvgIpc) is 3.16. The number of azide groups is 1. The molecule has 2 N–H and O–H groups in total. The van der Waals surface area contributed by atoms with Crippen LogP contribution in [0.3, 0.4) is 0 Å². The number of ether oxygens (including phenoxy) is 3. The van der Waals surface area contributed by atoms with Gasteiger partial charge in [0.2, 0.25) is 0 Å². The highest BCUT2D eigenvalue weighted by Crippen LogP contribution is 2.40. The molecule has 2 aromatic carbocycles. The number of aromatic amines is 1. The number of hydrogen-bond acceptors (Lipinski definition) is 7. The monoisotopic (exact) mass is 493 g/mol. The number of aryl methyl sites for hydroxylation is 1. The van der Waals surface area contributed by atoms with Crippen molar-refractivity contribution in [2.75, 3.05) is 13.2 Å². The Balaban J connectivity index is 1.67. The van der Waals surface area contributed by atoms with E-state index in [0.717, 1.165) is 15.7 Å². The van der Waals surface area contributed by atoms with Crippen LogP contribution in [-0.4, -0.2) is 45.6 Å². The minimum atomic E-state index is -1.41. The van der Waals surface area contributed by atoms with E-state index in [4.69, 9.17) is 19.7 Å². The second-order valence-corrected chi connectivity index (χ2v) is 8.63. The van der Waals surface area contributed by atoms with Crippen molar-refractivity contribution in [3.8, 4) is 0 Å². The van der Waals surface area contributed by atoms with E-state index in [1.54, 1.807) is 0 Å². The molecule has 0 aliphatic carbocycles. The number of hydrogen-bond donors (Lipinski definition) is 2. The Labute approximate surface area is 206 Å². The second-order valence-electron chi connectivity index (χ2n) is 8.63. The Bertz CT molecular complexity index is 1320. The number of nitrogens with one attached hydrogen (secondary N) is 1. The molecule has 0 radical (unpaired) electrons. The van der Waals surface area contributed by atoms with Crippen molar-refractivity contribution in [2.24, 2.45) is 5.11 Å². The van der Waals surface area contributed by atoms with Crippen LogP contribution in [0.1, 0.15) is 22.9 Å². The summed E-state index contributed by atoms with van der Waals surface area (Å²) < 4.78 is 19.4. The summed E-state index contributed by atoms with van der Waals surface area (Å²) in [6.45, 7) is 1.60. The minimum absolute atomic E-state index is 0.0922. The molecular weight excluding hydrogens is 466 g/mol. The largest absolute Gasteiger partial charge is 0.386 e. The van der Waals surface area contributed by atoms with Crippen LogP contribution in [0.15, 0.2) is 81.6 Å². The lowest BCUT2D eigenvalue weighted by Gasteiger charge is -2.33. The summed E-state index contributed by atoms with van der Waals surface area (Å²) >= 11 is 0. The highest BCUT2D eigenvalue weighted by Gasteiger charge is 2.56. The van der Waals surface area contributed by atoms with Crippen LogP contribution in [0, 0.1) is 6.92 Å². The Morgan fingerprint density at radius 1 is 1.11 bits per heavy atom. The third kappa shape index (κ3) is 5.56. The van der Waals surface area contributed by atoms with Gasteiger partial charge in [0.15, 0.2) is 6.23 Å².